The number of rotatable bonds is 12. The second-order valence-electron chi connectivity index (χ2n) is 12.8. The van der Waals surface area contributed by atoms with Gasteiger partial charge in [0.25, 0.3) is 0 Å². The van der Waals surface area contributed by atoms with Gasteiger partial charge in [0.05, 0.1) is 0 Å². The average molecular weight is 601 g/mol. The van der Waals surface area contributed by atoms with Crippen LogP contribution in [0, 0.1) is 23.7 Å². The number of carbonyl (C=O) groups excluding carboxylic acids is 5. The molecule has 1 aromatic carbocycles. The van der Waals surface area contributed by atoms with Crippen LogP contribution in [-0.2, 0) is 35.3 Å². The lowest BCUT2D eigenvalue weighted by Gasteiger charge is -2.24. The normalized spacial score (nSPS) is 23.0. The number of hydrogen-bond donors (Lipinski definition) is 4. The van der Waals surface area contributed by atoms with E-state index in [4.69, 9.17) is 9.47 Å². The van der Waals surface area contributed by atoms with Gasteiger partial charge < -0.3 is 30.7 Å². The number of nitrogens with one attached hydrogen (secondary N) is 4. The predicted molar refractivity (Wildman–Crippen MR) is 160 cm³/mol. The Morgan fingerprint density at radius 3 is 1.88 bits per heavy atom. The maximum atomic E-state index is 13.0. The highest BCUT2D eigenvalue weighted by Crippen LogP contribution is 2.32. The first-order chi connectivity index (χ1) is 20.3. The van der Waals surface area contributed by atoms with Crippen LogP contribution in [0.5, 0.6) is 0 Å². The van der Waals surface area contributed by atoms with Crippen LogP contribution < -0.4 is 21.3 Å². The summed E-state index contributed by atoms with van der Waals surface area (Å²) in [4.78, 5) is 63.3. The maximum Gasteiger partial charge on any atom is 0.407 e. The highest BCUT2D eigenvalue weighted by molar-refractivity contribution is 5.89. The molecule has 0 aromatic heterocycles. The third kappa shape index (κ3) is 10.9. The fourth-order valence-corrected chi connectivity index (χ4v) is 5.79. The van der Waals surface area contributed by atoms with Crippen molar-refractivity contribution < 1.29 is 33.4 Å². The van der Waals surface area contributed by atoms with Gasteiger partial charge in [-0.1, -0.05) is 43.2 Å². The van der Waals surface area contributed by atoms with E-state index >= 15 is 0 Å². The summed E-state index contributed by atoms with van der Waals surface area (Å²) in [5.74, 6) is -1.98. The van der Waals surface area contributed by atoms with Crippen LogP contribution in [0.3, 0.4) is 0 Å². The molecule has 0 heterocycles. The van der Waals surface area contributed by atoms with Crippen molar-refractivity contribution in [1.29, 1.82) is 0 Å². The van der Waals surface area contributed by atoms with E-state index in [1.807, 2.05) is 30.3 Å². The molecule has 1 aromatic rings. The van der Waals surface area contributed by atoms with E-state index in [0.29, 0.717) is 25.9 Å². The monoisotopic (exact) mass is 600 g/mol. The largest absolute Gasteiger partial charge is 0.459 e. The molecular formula is C32H48N4O7. The Balaban J connectivity index is 1.40. The number of alkyl carbamates (subject to hydrolysis) is 1. The van der Waals surface area contributed by atoms with Gasteiger partial charge in [0.15, 0.2) is 0 Å². The number of esters is 1. The van der Waals surface area contributed by atoms with Crippen molar-refractivity contribution in [2.24, 2.45) is 23.7 Å². The minimum Gasteiger partial charge on any atom is -0.459 e. The lowest BCUT2D eigenvalue weighted by molar-refractivity contribution is -0.149. The van der Waals surface area contributed by atoms with E-state index in [0.717, 1.165) is 31.2 Å². The average Bonchev–Trinajstić information content (AvgIpc) is 3.63. The van der Waals surface area contributed by atoms with E-state index < -0.39 is 29.7 Å². The van der Waals surface area contributed by atoms with Crippen molar-refractivity contribution in [1.82, 2.24) is 21.3 Å². The van der Waals surface area contributed by atoms with Gasteiger partial charge in [0.1, 0.15) is 24.3 Å². The van der Waals surface area contributed by atoms with Gasteiger partial charge in [-0.05, 0) is 77.7 Å². The summed E-state index contributed by atoms with van der Waals surface area (Å²) >= 11 is 0. The van der Waals surface area contributed by atoms with Crippen LogP contribution in [0.4, 0.5) is 4.79 Å². The van der Waals surface area contributed by atoms with Gasteiger partial charge in [-0.25, -0.2) is 9.59 Å². The summed E-state index contributed by atoms with van der Waals surface area (Å²) in [6, 6.07) is 7.79. The molecule has 3 rings (SSSR count). The van der Waals surface area contributed by atoms with E-state index in [-0.39, 0.29) is 48.0 Å². The Bertz CT molecular complexity index is 1120. The van der Waals surface area contributed by atoms with Crippen molar-refractivity contribution in [3.63, 3.8) is 0 Å². The van der Waals surface area contributed by atoms with E-state index in [1.54, 1.807) is 34.6 Å². The third-order valence-corrected chi connectivity index (χ3v) is 8.13. The molecule has 2 saturated carbocycles. The van der Waals surface area contributed by atoms with Crippen molar-refractivity contribution in [3.8, 4) is 0 Å². The SMILES string of the molecule is CC(NC(=O)C1CCCC1CNC(=O)OC(C)(C)C)C(=O)NCC1CCCC1C(=O)NC(C)C(=O)OCc1ccccc1. The zero-order chi connectivity index (χ0) is 31.6. The molecule has 4 N–H and O–H groups in total. The van der Waals surface area contributed by atoms with Gasteiger partial charge in [0.2, 0.25) is 17.7 Å². The molecule has 0 spiro atoms. The predicted octanol–water partition coefficient (Wildman–Crippen LogP) is 3.21. The van der Waals surface area contributed by atoms with Gasteiger partial charge >= 0.3 is 12.1 Å². The Labute approximate surface area is 254 Å². The summed E-state index contributed by atoms with van der Waals surface area (Å²) in [5.41, 5.74) is 0.265. The van der Waals surface area contributed by atoms with E-state index in [1.165, 1.54) is 0 Å². The maximum absolute atomic E-state index is 13.0. The number of carbonyl (C=O) groups is 5. The molecule has 6 atom stereocenters. The number of ether oxygens (including phenoxy) is 2. The zero-order valence-corrected chi connectivity index (χ0v) is 26.1. The summed E-state index contributed by atoms with van der Waals surface area (Å²) in [6.45, 7) is 9.38. The molecule has 0 radical (unpaired) electrons. The highest BCUT2D eigenvalue weighted by atomic mass is 16.6. The number of amides is 4. The molecule has 0 saturated heterocycles. The Morgan fingerprint density at radius 2 is 1.33 bits per heavy atom. The van der Waals surface area contributed by atoms with Gasteiger partial charge in [-0.2, -0.15) is 0 Å². The Kier molecular flexibility index (Phi) is 12.4. The molecule has 0 bridgehead atoms. The first-order valence-corrected chi connectivity index (χ1v) is 15.4. The van der Waals surface area contributed by atoms with Gasteiger partial charge in [-0.15, -0.1) is 0 Å². The molecule has 2 aliphatic rings. The highest BCUT2D eigenvalue weighted by Gasteiger charge is 2.36. The summed E-state index contributed by atoms with van der Waals surface area (Å²) in [5, 5.41) is 11.2. The van der Waals surface area contributed by atoms with Crippen LogP contribution in [0.2, 0.25) is 0 Å². The molecule has 2 aliphatic carbocycles. The second-order valence-corrected chi connectivity index (χ2v) is 12.8. The number of benzene rings is 1. The quantitative estimate of drug-likeness (QED) is 0.269. The van der Waals surface area contributed by atoms with Crippen LogP contribution in [0.25, 0.3) is 0 Å². The number of hydrogen-bond acceptors (Lipinski definition) is 7. The second kappa shape index (κ2) is 15.7. The molecule has 4 amide bonds. The van der Waals surface area contributed by atoms with E-state index in [2.05, 4.69) is 21.3 Å². The van der Waals surface area contributed by atoms with Crippen LogP contribution in [0.1, 0.15) is 78.7 Å². The molecule has 43 heavy (non-hydrogen) atoms. The van der Waals surface area contributed by atoms with Crippen molar-refractivity contribution >= 4 is 29.8 Å². The smallest absolute Gasteiger partial charge is 0.407 e. The van der Waals surface area contributed by atoms with Gasteiger partial charge in [0, 0.05) is 24.9 Å². The van der Waals surface area contributed by atoms with Gasteiger partial charge in [-0.3, -0.25) is 14.4 Å². The summed E-state index contributed by atoms with van der Waals surface area (Å²) < 4.78 is 10.6. The lowest BCUT2D eigenvalue weighted by Crippen LogP contribution is -2.49. The van der Waals surface area contributed by atoms with Crippen LogP contribution in [-0.4, -0.2) is 60.6 Å². The lowest BCUT2D eigenvalue weighted by atomic mass is 9.94. The Morgan fingerprint density at radius 1 is 0.791 bits per heavy atom. The molecule has 6 unspecified atom stereocenters. The summed E-state index contributed by atoms with van der Waals surface area (Å²) in [7, 11) is 0. The first kappa shape index (κ1) is 33.9. The van der Waals surface area contributed by atoms with Crippen LogP contribution in [0.15, 0.2) is 30.3 Å². The molecule has 2 fully saturated rings. The third-order valence-electron chi connectivity index (χ3n) is 8.13. The molecular weight excluding hydrogens is 552 g/mol. The topological polar surface area (TPSA) is 152 Å². The summed E-state index contributed by atoms with van der Waals surface area (Å²) in [6.07, 6.45) is 4.15. The van der Waals surface area contributed by atoms with Crippen molar-refractivity contribution in [2.45, 2.75) is 97.4 Å². The zero-order valence-electron chi connectivity index (χ0n) is 26.1. The molecule has 11 heteroatoms. The minimum atomic E-state index is -0.791. The minimum absolute atomic E-state index is 0.0291. The Hall–Kier alpha value is -3.63. The molecule has 238 valence electrons. The first-order valence-electron chi connectivity index (χ1n) is 15.4. The van der Waals surface area contributed by atoms with Crippen molar-refractivity contribution in [2.75, 3.05) is 13.1 Å². The standard InChI is InChI=1S/C32H48N4O7/c1-20(35-28(38)26-16-10-14-24(26)18-34-31(41)43-32(3,4)5)27(37)33-17-23-13-9-15-25(23)29(39)36-21(2)30(40)42-19-22-11-7-6-8-12-22/h6-8,11-12,20-21,23-26H,9-10,13-19H2,1-5H3,(H,33,37)(H,34,41)(H,35,38)(H,36,39). The van der Waals surface area contributed by atoms with Crippen molar-refractivity contribution in [3.05, 3.63) is 35.9 Å². The fourth-order valence-electron chi connectivity index (χ4n) is 5.79. The molecule has 0 aliphatic heterocycles. The van der Waals surface area contributed by atoms with E-state index in [9.17, 15) is 24.0 Å². The molecule has 11 nitrogen and oxygen atoms in total. The van der Waals surface area contributed by atoms with Crippen LogP contribution >= 0.6 is 0 Å². The fraction of sp³-hybridized carbons (Fsp3) is 0.656.